The summed E-state index contributed by atoms with van der Waals surface area (Å²) in [5.74, 6) is 0. The van der Waals surface area contributed by atoms with E-state index in [2.05, 4.69) is 67.5 Å². The van der Waals surface area contributed by atoms with Crippen LogP contribution in [0.5, 0.6) is 0 Å². The SMILES string of the molecule is Cc1ccc2nc(Nc3cccc(C)c3C)sc2c1. The Morgan fingerprint density at radius 1 is 1.05 bits per heavy atom. The number of thiazole rings is 1. The monoisotopic (exact) mass is 268 g/mol. The van der Waals surface area contributed by atoms with Gasteiger partial charge in [-0.05, 0) is 55.7 Å². The van der Waals surface area contributed by atoms with E-state index in [1.807, 2.05) is 0 Å². The lowest BCUT2D eigenvalue weighted by Crippen LogP contribution is -1.93. The summed E-state index contributed by atoms with van der Waals surface area (Å²) in [6.07, 6.45) is 0. The van der Waals surface area contributed by atoms with E-state index in [1.165, 1.54) is 21.4 Å². The van der Waals surface area contributed by atoms with Crippen molar-refractivity contribution in [3.05, 3.63) is 53.1 Å². The summed E-state index contributed by atoms with van der Waals surface area (Å²) in [5, 5.41) is 4.38. The van der Waals surface area contributed by atoms with E-state index in [-0.39, 0.29) is 0 Å². The Morgan fingerprint density at radius 3 is 2.74 bits per heavy atom. The van der Waals surface area contributed by atoms with Crippen LogP contribution in [0.15, 0.2) is 36.4 Å². The summed E-state index contributed by atoms with van der Waals surface area (Å²) in [6, 6.07) is 12.7. The third-order valence-corrected chi connectivity index (χ3v) is 4.32. The fourth-order valence-electron chi connectivity index (χ4n) is 2.09. The molecule has 3 rings (SSSR count). The van der Waals surface area contributed by atoms with Crippen LogP contribution in [-0.2, 0) is 0 Å². The molecule has 0 radical (unpaired) electrons. The van der Waals surface area contributed by atoms with Crippen LogP contribution in [0, 0.1) is 20.8 Å². The van der Waals surface area contributed by atoms with Crippen molar-refractivity contribution in [3.63, 3.8) is 0 Å². The lowest BCUT2D eigenvalue weighted by Gasteiger charge is -2.08. The van der Waals surface area contributed by atoms with Crippen molar-refractivity contribution in [3.8, 4) is 0 Å². The first-order chi connectivity index (χ1) is 9.13. The number of aryl methyl sites for hydroxylation is 2. The molecule has 0 aliphatic rings. The van der Waals surface area contributed by atoms with Gasteiger partial charge in [0.2, 0.25) is 0 Å². The highest BCUT2D eigenvalue weighted by Gasteiger charge is 2.06. The largest absolute Gasteiger partial charge is 0.331 e. The molecule has 0 amide bonds. The molecule has 0 saturated carbocycles. The Bertz CT molecular complexity index is 744. The molecule has 19 heavy (non-hydrogen) atoms. The lowest BCUT2D eigenvalue weighted by molar-refractivity contribution is 1.32. The summed E-state index contributed by atoms with van der Waals surface area (Å²) in [5.41, 5.74) is 6.04. The molecule has 96 valence electrons. The molecule has 0 spiro atoms. The second-order valence-corrected chi connectivity index (χ2v) is 5.89. The maximum absolute atomic E-state index is 4.63. The maximum Gasteiger partial charge on any atom is 0.188 e. The normalized spacial score (nSPS) is 10.9. The third kappa shape index (κ3) is 2.34. The van der Waals surface area contributed by atoms with Crippen molar-refractivity contribution in [1.82, 2.24) is 4.98 Å². The molecule has 3 aromatic rings. The molecule has 2 nitrogen and oxygen atoms in total. The number of benzene rings is 2. The molecule has 1 heterocycles. The number of fused-ring (bicyclic) bond motifs is 1. The zero-order valence-corrected chi connectivity index (χ0v) is 12.1. The number of aromatic nitrogens is 1. The van der Waals surface area contributed by atoms with Gasteiger partial charge in [0.1, 0.15) is 0 Å². The van der Waals surface area contributed by atoms with Gasteiger partial charge >= 0.3 is 0 Å². The quantitative estimate of drug-likeness (QED) is 0.710. The van der Waals surface area contributed by atoms with Crippen LogP contribution in [0.4, 0.5) is 10.8 Å². The maximum atomic E-state index is 4.63. The molecule has 0 aliphatic carbocycles. The van der Waals surface area contributed by atoms with Gasteiger partial charge < -0.3 is 5.32 Å². The molecule has 0 saturated heterocycles. The van der Waals surface area contributed by atoms with Gasteiger partial charge in [0.25, 0.3) is 0 Å². The van der Waals surface area contributed by atoms with E-state index in [9.17, 15) is 0 Å². The van der Waals surface area contributed by atoms with Crippen LogP contribution in [0.25, 0.3) is 10.2 Å². The van der Waals surface area contributed by atoms with Crippen LogP contribution >= 0.6 is 11.3 Å². The molecule has 2 aromatic carbocycles. The molecule has 0 bridgehead atoms. The molecular weight excluding hydrogens is 252 g/mol. The van der Waals surface area contributed by atoms with Crippen LogP contribution < -0.4 is 5.32 Å². The standard InChI is InChI=1S/C16H16N2S/c1-10-7-8-14-15(9-10)19-16(18-14)17-13-6-4-5-11(2)12(13)3/h4-9H,1-3H3,(H,17,18). The van der Waals surface area contributed by atoms with Crippen LogP contribution in [0.2, 0.25) is 0 Å². The van der Waals surface area contributed by atoms with E-state index in [0.717, 1.165) is 16.3 Å². The van der Waals surface area contributed by atoms with Crippen LogP contribution in [-0.4, -0.2) is 4.98 Å². The zero-order chi connectivity index (χ0) is 13.4. The second-order valence-electron chi connectivity index (χ2n) is 4.86. The van der Waals surface area contributed by atoms with Gasteiger partial charge in [-0.1, -0.05) is 29.5 Å². The summed E-state index contributed by atoms with van der Waals surface area (Å²) >= 11 is 1.70. The summed E-state index contributed by atoms with van der Waals surface area (Å²) in [6.45, 7) is 6.37. The highest BCUT2D eigenvalue weighted by Crippen LogP contribution is 2.30. The number of nitrogens with one attached hydrogen (secondary N) is 1. The number of anilines is 2. The molecule has 0 aliphatic heterocycles. The number of hydrogen-bond donors (Lipinski definition) is 1. The lowest BCUT2D eigenvalue weighted by atomic mass is 10.1. The van der Waals surface area contributed by atoms with Gasteiger partial charge in [-0.25, -0.2) is 4.98 Å². The molecule has 0 fully saturated rings. The van der Waals surface area contributed by atoms with Gasteiger partial charge in [0.05, 0.1) is 10.2 Å². The van der Waals surface area contributed by atoms with E-state index in [0.29, 0.717) is 0 Å². The molecule has 0 unspecified atom stereocenters. The minimum Gasteiger partial charge on any atom is -0.331 e. The number of nitrogens with zero attached hydrogens (tertiary/aromatic N) is 1. The zero-order valence-electron chi connectivity index (χ0n) is 11.3. The summed E-state index contributed by atoms with van der Waals surface area (Å²) < 4.78 is 1.23. The molecule has 1 aromatic heterocycles. The molecular formula is C16H16N2S. The smallest absolute Gasteiger partial charge is 0.188 e. The first-order valence-corrected chi connectivity index (χ1v) is 7.15. The summed E-state index contributed by atoms with van der Waals surface area (Å²) in [4.78, 5) is 4.63. The predicted octanol–water partition coefficient (Wildman–Crippen LogP) is 4.97. The first kappa shape index (κ1) is 12.2. The minimum absolute atomic E-state index is 0.953. The van der Waals surface area contributed by atoms with E-state index < -0.39 is 0 Å². The van der Waals surface area contributed by atoms with Gasteiger partial charge in [0, 0.05) is 5.69 Å². The fraction of sp³-hybridized carbons (Fsp3) is 0.188. The van der Waals surface area contributed by atoms with Crippen LogP contribution in [0.1, 0.15) is 16.7 Å². The Morgan fingerprint density at radius 2 is 1.89 bits per heavy atom. The van der Waals surface area contributed by atoms with Crippen molar-refractivity contribution in [1.29, 1.82) is 0 Å². The predicted molar refractivity (Wildman–Crippen MR) is 83.6 cm³/mol. The topological polar surface area (TPSA) is 24.9 Å². The van der Waals surface area contributed by atoms with Gasteiger partial charge in [-0.2, -0.15) is 0 Å². The Labute approximate surface area is 117 Å². The van der Waals surface area contributed by atoms with E-state index in [4.69, 9.17) is 0 Å². The average Bonchev–Trinajstić information content (AvgIpc) is 2.76. The molecule has 3 heteroatoms. The average molecular weight is 268 g/mol. The highest BCUT2D eigenvalue weighted by molar-refractivity contribution is 7.22. The van der Waals surface area contributed by atoms with Gasteiger partial charge in [-0.3, -0.25) is 0 Å². The second kappa shape index (κ2) is 4.67. The van der Waals surface area contributed by atoms with E-state index in [1.54, 1.807) is 11.3 Å². The van der Waals surface area contributed by atoms with Gasteiger partial charge in [-0.15, -0.1) is 0 Å². The van der Waals surface area contributed by atoms with Crippen LogP contribution in [0.3, 0.4) is 0 Å². The number of hydrogen-bond acceptors (Lipinski definition) is 3. The summed E-state index contributed by atoms with van der Waals surface area (Å²) in [7, 11) is 0. The minimum atomic E-state index is 0.953. The molecule has 0 atom stereocenters. The van der Waals surface area contributed by atoms with Crippen molar-refractivity contribution >= 4 is 32.4 Å². The van der Waals surface area contributed by atoms with Crippen molar-refractivity contribution in [2.45, 2.75) is 20.8 Å². The Hall–Kier alpha value is -1.87. The molecule has 1 N–H and O–H groups in total. The first-order valence-electron chi connectivity index (χ1n) is 6.34. The highest BCUT2D eigenvalue weighted by atomic mass is 32.1. The van der Waals surface area contributed by atoms with Crippen molar-refractivity contribution in [2.24, 2.45) is 0 Å². The van der Waals surface area contributed by atoms with Gasteiger partial charge in [0.15, 0.2) is 5.13 Å². The van der Waals surface area contributed by atoms with E-state index >= 15 is 0 Å². The Kier molecular flexibility index (Phi) is 2.99. The van der Waals surface area contributed by atoms with Crippen molar-refractivity contribution in [2.75, 3.05) is 5.32 Å². The number of rotatable bonds is 2. The van der Waals surface area contributed by atoms with Crippen molar-refractivity contribution < 1.29 is 0 Å². The third-order valence-electron chi connectivity index (χ3n) is 3.39. The Balaban J connectivity index is 1.99. The fourth-order valence-corrected chi connectivity index (χ4v) is 3.06.